The van der Waals surface area contributed by atoms with E-state index < -0.39 is 8.07 Å². The third-order valence-corrected chi connectivity index (χ3v) is 4.51. The second kappa shape index (κ2) is 2.95. The first-order valence-electron chi connectivity index (χ1n) is 4.93. The molecule has 1 aromatic carbocycles. The minimum absolute atomic E-state index is 1.23. The molecule has 1 N–H and O–H groups in total. The third kappa shape index (κ3) is 1.48. The van der Waals surface area contributed by atoms with Crippen molar-refractivity contribution in [2.24, 2.45) is 0 Å². The van der Waals surface area contributed by atoms with Crippen LogP contribution in [0.2, 0.25) is 19.6 Å². The van der Waals surface area contributed by atoms with Crippen molar-refractivity contribution in [2.75, 3.05) is 0 Å². The lowest BCUT2D eigenvalue weighted by atomic mass is 10.2. The van der Waals surface area contributed by atoms with Crippen molar-refractivity contribution < 1.29 is 0 Å². The molecule has 1 heterocycles. The van der Waals surface area contributed by atoms with Gasteiger partial charge < -0.3 is 0 Å². The zero-order chi connectivity index (χ0) is 10.3. The van der Waals surface area contributed by atoms with E-state index in [1.165, 1.54) is 21.7 Å². The number of hydrogen-bond donors (Lipinski definition) is 1. The number of hydrogen-bond acceptors (Lipinski definition) is 1. The molecule has 0 aliphatic rings. The van der Waals surface area contributed by atoms with Crippen LogP contribution < -0.4 is 5.19 Å². The number of aromatic nitrogens is 2. The Labute approximate surface area is 85.4 Å². The fraction of sp³-hybridized carbons (Fsp3) is 0.364. The number of fused-ring (bicyclic) bond motifs is 1. The second-order valence-electron chi connectivity index (χ2n) is 4.90. The third-order valence-electron chi connectivity index (χ3n) is 2.50. The lowest BCUT2D eigenvalue weighted by Crippen LogP contribution is -2.38. The summed E-state index contributed by atoms with van der Waals surface area (Å²) < 4.78 is 0. The Bertz CT molecular complexity index is 466. The Balaban J connectivity index is 2.80. The van der Waals surface area contributed by atoms with Crippen molar-refractivity contribution in [2.45, 2.75) is 26.6 Å². The van der Waals surface area contributed by atoms with Gasteiger partial charge in [-0.05, 0) is 18.2 Å². The summed E-state index contributed by atoms with van der Waals surface area (Å²) in [7, 11) is -1.26. The molecular formula is C11H16N2Si. The molecule has 0 saturated heterocycles. The molecule has 0 radical (unpaired) electrons. The topological polar surface area (TPSA) is 28.7 Å². The zero-order valence-electron chi connectivity index (χ0n) is 9.18. The molecule has 2 rings (SSSR count). The first kappa shape index (κ1) is 9.46. The highest BCUT2D eigenvalue weighted by Gasteiger charge is 2.20. The number of nitrogens with one attached hydrogen (secondary N) is 1. The molecule has 0 fully saturated rings. The first-order valence-corrected chi connectivity index (χ1v) is 8.43. The van der Waals surface area contributed by atoms with Crippen LogP contribution >= 0.6 is 0 Å². The van der Waals surface area contributed by atoms with Gasteiger partial charge in [-0.1, -0.05) is 31.3 Å². The Morgan fingerprint density at radius 3 is 2.57 bits per heavy atom. The van der Waals surface area contributed by atoms with E-state index in [2.05, 4.69) is 48.9 Å². The van der Waals surface area contributed by atoms with Crippen molar-refractivity contribution in [1.29, 1.82) is 0 Å². The van der Waals surface area contributed by atoms with Gasteiger partial charge in [0.05, 0.1) is 19.8 Å². The van der Waals surface area contributed by atoms with Crippen LogP contribution in [0.4, 0.5) is 0 Å². The van der Waals surface area contributed by atoms with Crippen LogP contribution in [0.5, 0.6) is 0 Å². The number of aryl methyl sites for hydroxylation is 1. The van der Waals surface area contributed by atoms with E-state index in [0.717, 1.165) is 0 Å². The van der Waals surface area contributed by atoms with E-state index in [4.69, 9.17) is 0 Å². The fourth-order valence-corrected chi connectivity index (χ4v) is 3.41. The van der Waals surface area contributed by atoms with E-state index in [-0.39, 0.29) is 0 Å². The van der Waals surface area contributed by atoms with Gasteiger partial charge >= 0.3 is 0 Å². The van der Waals surface area contributed by atoms with E-state index in [1.807, 2.05) is 6.20 Å². The molecule has 0 unspecified atom stereocenters. The predicted octanol–water partition coefficient (Wildman–Crippen LogP) is 2.42. The van der Waals surface area contributed by atoms with Crippen molar-refractivity contribution in [1.82, 2.24) is 10.2 Å². The number of nitrogens with zero attached hydrogens (tertiary/aromatic N) is 1. The highest BCUT2D eigenvalue weighted by molar-refractivity contribution is 6.90. The zero-order valence-corrected chi connectivity index (χ0v) is 10.2. The minimum Gasteiger partial charge on any atom is -0.278 e. The first-order chi connectivity index (χ1) is 6.48. The molecule has 2 nitrogen and oxygen atoms in total. The summed E-state index contributed by atoms with van der Waals surface area (Å²) in [5.74, 6) is 0. The molecule has 0 atom stereocenters. The molecule has 0 spiro atoms. The smallest absolute Gasteiger partial charge is 0.0804 e. The van der Waals surface area contributed by atoms with Crippen molar-refractivity contribution in [3.8, 4) is 0 Å². The maximum atomic E-state index is 4.11. The summed E-state index contributed by atoms with van der Waals surface area (Å²) in [5, 5.41) is 9.94. The summed E-state index contributed by atoms with van der Waals surface area (Å²) in [6.45, 7) is 9.24. The van der Waals surface area contributed by atoms with Gasteiger partial charge in [0, 0.05) is 5.39 Å². The molecule has 2 aromatic rings. The van der Waals surface area contributed by atoms with Gasteiger partial charge in [0.1, 0.15) is 0 Å². The van der Waals surface area contributed by atoms with Crippen LogP contribution in [0.15, 0.2) is 18.3 Å². The SMILES string of the molecule is Cc1cc([Si](C)(C)C)c2[nH]ncc2c1. The van der Waals surface area contributed by atoms with Gasteiger partial charge in [0.25, 0.3) is 0 Å². The number of benzene rings is 1. The van der Waals surface area contributed by atoms with Crippen LogP contribution in [0.3, 0.4) is 0 Å². The van der Waals surface area contributed by atoms with Gasteiger partial charge in [0.2, 0.25) is 0 Å². The van der Waals surface area contributed by atoms with Gasteiger partial charge in [-0.2, -0.15) is 5.10 Å². The lowest BCUT2D eigenvalue weighted by molar-refractivity contribution is 1.12. The predicted molar refractivity (Wildman–Crippen MR) is 63.8 cm³/mol. The maximum absolute atomic E-state index is 4.11. The molecule has 1 aromatic heterocycles. The minimum atomic E-state index is -1.26. The normalized spacial score (nSPS) is 12.3. The van der Waals surface area contributed by atoms with Crippen molar-refractivity contribution >= 4 is 24.2 Å². The summed E-state index contributed by atoms with van der Waals surface area (Å²) in [5.41, 5.74) is 2.56. The lowest BCUT2D eigenvalue weighted by Gasteiger charge is -2.18. The van der Waals surface area contributed by atoms with Crippen LogP contribution in [-0.4, -0.2) is 18.3 Å². The largest absolute Gasteiger partial charge is 0.278 e. The highest BCUT2D eigenvalue weighted by Crippen LogP contribution is 2.15. The van der Waals surface area contributed by atoms with Crippen LogP contribution in [0.25, 0.3) is 10.9 Å². The standard InChI is InChI=1S/C11H16N2Si/c1-8-5-9-7-12-13-11(9)10(6-8)14(2,3)4/h5-7H,1-4H3,(H,12,13). The van der Waals surface area contributed by atoms with Gasteiger partial charge in [0.15, 0.2) is 0 Å². The Hall–Kier alpha value is -1.09. The van der Waals surface area contributed by atoms with Crippen LogP contribution in [0.1, 0.15) is 5.56 Å². The van der Waals surface area contributed by atoms with Crippen molar-refractivity contribution in [3.05, 3.63) is 23.9 Å². The summed E-state index contributed by atoms with van der Waals surface area (Å²) >= 11 is 0. The molecule has 0 aliphatic heterocycles. The van der Waals surface area contributed by atoms with Crippen molar-refractivity contribution in [3.63, 3.8) is 0 Å². The van der Waals surface area contributed by atoms with Crippen LogP contribution in [-0.2, 0) is 0 Å². The Morgan fingerprint density at radius 1 is 1.21 bits per heavy atom. The van der Waals surface area contributed by atoms with E-state index >= 15 is 0 Å². The van der Waals surface area contributed by atoms with E-state index in [1.54, 1.807) is 0 Å². The quantitative estimate of drug-likeness (QED) is 0.710. The Kier molecular flexibility index (Phi) is 1.99. The monoisotopic (exact) mass is 204 g/mol. The van der Waals surface area contributed by atoms with E-state index in [9.17, 15) is 0 Å². The number of aromatic amines is 1. The van der Waals surface area contributed by atoms with Gasteiger partial charge in [-0.25, -0.2) is 0 Å². The molecule has 0 bridgehead atoms. The summed E-state index contributed by atoms with van der Waals surface area (Å²) in [4.78, 5) is 0. The average Bonchev–Trinajstić information content (AvgIpc) is 2.47. The molecule has 74 valence electrons. The molecule has 0 amide bonds. The molecule has 3 heteroatoms. The van der Waals surface area contributed by atoms with E-state index in [0.29, 0.717) is 0 Å². The average molecular weight is 204 g/mol. The molecule has 0 saturated carbocycles. The van der Waals surface area contributed by atoms with Crippen LogP contribution in [0, 0.1) is 6.92 Å². The highest BCUT2D eigenvalue weighted by atomic mass is 28.3. The molecule has 14 heavy (non-hydrogen) atoms. The molecular weight excluding hydrogens is 188 g/mol. The molecule has 0 aliphatic carbocycles. The number of rotatable bonds is 1. The van der Waals surface area contributed by atoms with Gasteiger partial charge in [-0.3, -0.25) is 5.10 Å². The fourth-order valence-electron chi connectivity index (χ4n) is 1.80. The maximum Gasteiger partial charge on any atom is 0.0804 e. The summed E-state index contributed by atoms with van der Waals surface area (Å²) in [6.07, 6.45) is 1.91. The number of H-pyrrole nitrogens is 1. The Morgan fingerprint density at radius 2 is 1.93 bits per heavy atom. The summed E-state index contributed by atoms with van der Waals surface area (Å²) in [6, 6.07) is 4.48. The second-order valence-corrected chi connectivity index (χ2v) is 9.94. The van der Waals surface area contributed by atoms with Gasteiger partial charge in [-0.15, -0.1) is 0 Å².